The van der Waals surface area contributed by atoms with Crippen molar-refractivity contribution in [1.29, 1.82) is 0 Å². The highest BCUT2D eigenvalue weighted by Gasteiger charge is 2.07. The van der Waals surface area contributed by atoms with Crippen LogP contribution in [0.2, 0.25) is 0 Å². The first-order valence-corrected chi connectivity index (χ1v) is 5.66. The van der Waals surface area contributed by atoms with E-state index in [1.54, 1.807) is 5.57 Å². The summed E-state index contributed by atoms with van der Waals surface area (Å²) in [5.41, 5.74) is 2.87. The zero-order valence-corrected chi connectivity index (χ0v) is 9.45. The van der Waals surface area contributed by atoms with Crippen LogP contribution < -0.4 is 0 Å². The van der Waals surface area contributed by atoms with Gasteiger partial charge in [0.1, 0.15) is 0 Å². The fourth-order valence-electron chi connectivity index (χ4n) is 1.72. The van der Waals surface area contributed by atoms with E-state index in [2.05, 4.69) is 19.9 Å². The summed E-state index contributed by atoms with van der Waals surface area (Å²) in [4.78, 5) is 0. The number of rotatable bonds is 4. The van der Waals surface area contributed by atoms with Crippen molar-refractivity contribution in [3.63, 3.8) is 0 Å². The minimum Gasteiger partial charge on any atom is -0.0889 e. The quantitative estimate of drug-likeness (QED) is 0.570. The average molecular weight is 199 g/mol. The highest BCUT2D eigenvalue weighted by Crippen LogP contribution is 2.28. The Hall–Kier alpha value is -0.230. The number of halogens is 1. The maximum absolute atomic E-state index is 6.03. The predicted molar refractivity (Wildman–Crippen MR) is 60.0 cm³/mol. The molecule has 74 valence electrons. The molecule has 0 fully saturated rings. The Balaban J connectivity index is 2.39. The maximum atomic E-state index is 6.03. The summed E-state index contributed by atoms with van der Waals surface area (Å²) in [5.74, 6) is 0. The van der Waals surface area contributed by atoms with Crippen LogP contribution in [0.3, 0.4) is 0 Å². The number of allylic oxidation sites excluding steroid dienone is 4. The molecule has 0 atom stereocenters. The molecule has 13 heavy (non-hydrogen) atoms. The molecule has 1 rings (SSSR count). The average Bonchev–Trinajstić information content (AvgIpc) is 2.12. The second-order valence-electron chi connectivity index (χ2n) is 3.85. The first kappa shape index (κ1) is 10.8. The molecule has 0 bridgehead atoms. The highest BCUT2D eigenvalue weighted by molar-refractivity contribution is 6.30. The molecule has 0 aromatic carbocycles. The molecule has 0 heterocycles. The molecule has 0 unspecified atom stereocenters. The molecule has 0 spiro atoms. The molecule has 0 aromatic heterocycles. The van der Waals surface area contributed by atoms with Crippen LogP contribution in [0, 0.1) is 0 Å². The van der Waals surface area contributed by atoms with Gasteiger partial charge in [-0.25, -0.2) is 0 Å². The molecular weight excluding hydrogens is 180 g/mol. The lowest BCUT2D eigenvalue weighted by Gasteiger charge is -2.14. The van der Waals surface area contributed by atoms with Gasteiger partial charge in [-0.2, -0.15) is 0 Å². The van der Waals surface area contributed by atoms with Crippen LogP contribution in [0.4, 0.5) is 0 Å². The lowest BCUT2D eigenvalue weighted by Crippen LogP contribution is -1.94. The summed E-state index contributed by atoms with van der Waals surface area (Å²) < 4.78 is 0. The standard InChI is InChI=1S/C12H19Cl/c1-3-4-5-6-11-7-8-12(13)10(2)9-11/h9H,3-8H2,1-2H3. The van der Waals surface area contributed by atoms with E-state index in [4.69, 9.17) is 11.6 Å². The zero-order chi connectivity index (χ0) is 9.68. The van der Waals surface area contributed by atoms with Crippen molar-refractivity contribution in [1.82, 2.24) is 0 Å². The molecular formula is C12H19Cl. The highest BCUT2D eigenvalue weighted by atomic mass is 35.5. The van der Waals surface area contributed by atoms with Gasteiger partial charge in [-0.1, -0.05) is 43.0 Å². The summed E-state index contributed by atoms with van der Waals surface area (Å²) in [5, 5.41) is 1.05. The van der Waals surface area contributed by atoms with Crippen LogP contribution in [0.5, 0.6) is 0 Å². The van der Waals surface area contributed by atoms with E-state index in [-0.39, 0.29) is 0 Å². The lowest BCUT2D eigenvalue weighted by atomic mass is 9.96. The summed E-state index contributed by atoms with van der Waals surface area (Å²) in [6.45, 7) is 4.36. The molecule has 1 aliphatic carbocycles. The van der Waals surface area contributed by atoms with Crippen molar-refractivity contribution in [2.24, 2.45) is 0 Å². The molecule has 0 saturated carbocycles. The summed E-state index contributed by atoms with van der Waals surface area (Å²) in [7, 11) is 0. The Bertz CT molecular complexity index is 223. The second kappa shape index (κ2) is 5.49. The van der Waals surface area contributed by atoms with Crippen molar-refractivity contribution < 1.29 is 0 Å². The van der Waals surface area contributed by atoms with Crippen molar-refractivity contribution >= 4 is 11.6 Å². The molecule has 0 aromatic rings. The Morgan fingerprint density at radius 2 is 2.08 bits per heavy atom. The molecule has 0 radical (unpaired) electrons. The van der Waals surface area contributed by atoms with E-state index >= 15 is 0 Å². The van der Waals surface area contributed by atoms with Crippen LogP contribution >= 0.6 is 11.6 Å². The van der Waals surface area contributed by atoms with Crippen LogP contribution in [-0.4, -0.2) is 0 Å². The van der Waals surface area contributed by atoms with Gasteiger partial charge in [0, 0.05) is 5.03 Å². The molecule has 1 aliphatic rings. The third kappa shape index (κ3) is 3.56. The SMILES string of the molecule is CCCCCC1=CC(C)=C(Cl)CC1. The van der Waals surface area contributed by atoms with Gasteiger partial charge < -0.3 is 0 Å². The Labute approximate surface area is 86.7 Å². The monoisotopic (exact) mass is 198 g/mol. The summed E-state index contributed by atoms with van der Waals surface area (Å²) in [6, 6.07) is 0. The van der Waals surface area contributed by atoms with Gasteiger partial charge in [-0.05, 0) is 38.2 Å². The lowest BCUT2D eigenvalue weighted by molar-refractivity contribution is 0.692. The van der Waals surface area contributed by atoms with E-state index in [9.17, 15) is 0 Å². The third-order valence-electron chi connectivity index (χ3n) is 2.62. The Morgan fingerprint density at radius 3 is 2.69 bits per heavy atom. The molecule has 0 amide bonds. The minimum absolute atomic E-state index is 1.05. The van der Waals surface area contributed by atoms with Gasteiger partial charge in [-0.3, -0.25) is 0 Å². The summed E-state index contributed by atoms with van der Waals surface area (Å²) >= 11 is 6.03. The summed E-state index contributed by atoms with van der Waals surface area (Å²) in [6.07, 6.45) is 9.80. The van der Waals surface area contributed by atoms with Crippen molar-refractivity contribution in [2.75, 3.05) is 0 Å². The third-order valence-corrected chi connectivity index (χ3v) is 3.10. The molecule has 0 saturated heterocycles. The number of hydrogen-bond donors (Lipinski definition) is 0. The van der Waals surface area contributed by atoms with Gasteiger partial charge in [0.25, 0.3) is 0 Å². The fraction of sp³-hybridized carbons (Fsp3) is 0.667. The van der Waals surface area contributed by atoms with Gasteiger partial charge in [0.05, 0.1) is 0 Å². The smallest absolute Gasteiger partial charge is 0.0213 e. The molecule has 0 aliphatic heterocycles. The normalized spacial score (nSPS) is 17.6. The van der Waals surface area contributed by atoms with Crippen molar-refractivity contribution in [2.45, 2.75) is 52.4 Å². The van der Waals surface area contributed by atoms with Gasteiger partial charge in [0.2, 0.25) is 0 Å². The molecule has 0 nitrogen and oxygen atoms in total. The van der Waals surface area contributed by atoms with E-state index in [1.165, 1.54) is 37.7 Å². The van der Waals surface area contributed by atoms with Crippen LogP contribution in [0.1, 0.15) is 52.4 Å². The largest absolute Gasteiger partial charge is 0.0889 e. The van der Waals surface area contributed by atoms with Gasteiger partial charge in [-0.15, -0.1) is 0 Å². The fourth-order valence-corrected chi connectivity index (χ4v) is 1.87. The Kier molecular flexibility index (Phi) is 4.58. The van der Waals surface area contributed by atoms with E-state index in [1.807, 2.05) is 0 Å². The van der Waals surface area contributed by atoms with E-state index < -0.39 is 0 Å². The molecule has 1 heteroatoms. The topological polar surface area (TPSA) is 0 Å². The maximum Gasteiger partial charge on any atom is 0.0213 e. The number of hydrogen-bond acceptors (Lipinski definition) is 0. The van der Waals surface area contributed by atoms with Crippen molar-refractivity contribution in [3.05, 3.63) is 22.3 Å². The minimum atomic E-state index is 1.05. The van der Waals surface area contributed by atoms with Crippen LogP contribution in [0.15, 0.2) is 22.3 Å². The van der Waals surface area contributed by atoms with E-state index in [0.29, 0.717) is 0 Å². The molecule has 0 N–H and O–H groups in total. The van der Waals surface area contributed by atoms with Crippen LogP contribution in [-0.2, 0) is 0 Å². The predicted octanol–water partition coefficient (Wildman–Crippen LogP) is 4.80. The van der Waals surface area contributed by atoms with Crippen molar-refractivity contribution in [3.8, 4) is 0 Å². The first-order chi connectivity index (χ1) is 6.24. The first-order valence-electron chi connectivity index (χ1n) is 5.28. The Morgan fingerprint density at radius 1 is 1.31 bits per heavy atom. The number of unbranched alkanes of at least 4 members (excludes halogenated alkanes) is 2. The zero-order valence-electron chi connectivity index (χ0n) is 8.70. The van der Waals surface area contributed by atoms with Gasteiger partial charge in [0.15, 0.2) is 0 Å². The van der Waals surface area contributed by atoms with E-state index in [0.717, 1.165) is 11.5 Å². The second-order valence-corrected chi connectivity index (χ2v) is 4.30. The van der Waals surface area contributed by atoms with Crippen LogP contribution in [0.25, 0.3) is 0 Å². The van der Waals surface area contributed by atoms with Gasteiger partial charge >= 0.3 is 0 Å².